The molecular formula is C15H30N2O2. The minimum Gasteiger partial charge on any atom is -0.377 e. The SMILES string of the molecule is CC1CN(CC2C(N)C(C)(C)OC2(C)C)CCCO1. The lowest BCUT2D eigenvalue weighted by Gasteiger charge is -2.33. The van der Waals surface area contributed by atoms with Gasteiger partial charge in [-0.3, -0.25) is 0 Å². The maximum atomic E-state index is 6.44. The number of nitrogens with zero attached hydrogens (tertiary/aromatic N) is 1. The predicted octanol–water partition coefficient (Wildman–Crippen LogP) is 1.63. The van der Waals surface area contributed by atoms with Gasteiger partial charge in [0.1, 0.15) is 0 Å². The van der Waals surface area contributed by atoms with Gasteiger partial charge in [0.2, 0.25) is 0 Å². The van der Waals surface area contributed by atoms with Crippen LogP contribution in [0.3, 0.4) is 0 Å². The van der Waals surface area contributed by atoms with Crippen LogP contribution in [-0.2, 0) is 9.47 Å². The summed E-state index contributed by atoms with van der Waals surface area (Å²) in [6.45, 7) is 14.7. The molecule has 2 N–H and O–H groups in total. The summed E-state index contributed by atoms with van der Waals surface area (Å²) in [6, 6.07) is 0.0852. The highest BCUT2D eigenvalue weighted by Gasteiger charge is 2.52. The first-order chi connectivity index (χ1) is 8.72. The van der Waals surface area contributed by atoms with Gasteiger partial charge >= 0.3 is 0 Å². The molecular weight excluding hydrogens is 240 g/mol. The van der Waals surface area contributed by atoms with Gasteiger partial charge in [-0.2, -0.15) is 0 Å². The van der Waals surface area contributed by atoms with E-state index in [-0.39, 0.29) is 17.2 Å². The third kappa shape index (κ3) is 3.30. The van der Waals surface area contributed by atoms with Crippen molar-refractivity contribution in [2.75, 3.05) is 26.2 Å². The average molecular weight is 270 g/mol. The Morgan fingerprint density at radius 2 is 1.89 bits per heavy atom. The van der Waals surface area contributed by atoms with Gasteiger partial charge in [-0.05, 0) is 41.0 Å². The number of rotatable bonds is 2. The fraction of sp³-hybridized carbons (Fsp3) is 1.00. The van der Waals surface area contributed by atoms with E-state index >= 15 is 0 Å². The second-order valence-corrected chi connectivity index (χ2v) is 7.24. The van der Waals surface area contributed by atoms with Gasteiger partial charge in [0.05, 0.1) is 17.3 Å². The molecule has 0 bridgehead atoms. The van der Waals surface area contributed by atoms with Gasteiger partial charge in [0.15, 0.2) is 0 Å². The second kappa shape index (κ2) is 5.32. The topological polar surface area (TPSA) is 47.7 Å². The molecule has 0 spiro atoms. The van der Waals surface area contributed by atoms with Crippen LogP contribution in [0.4, 0.5) is 0 Å². The lowest BCUT2D eigenvalue weighted by Crippen LogP contribution is -2.49. The summed E-state index contributed by atoms with van der Waals surface area (Å²) in [5, 5.41) is 0. The summed E-state index contributed by atoms with van der Waals surface area (Å²) in [6.07, 6.45) is 1.42. The molecule has 2 fully saturated rings. The molecule has 0 amide bonds. The molecule has 3 atom stereocenters. The zero-order valence-corrected chi connectivity index (χ0v) is 13.1. The largest absolute Gasteiger partial charge is 0.377 e. The second-order valence-electron chi connectivity index (χ2n) is 7.24. The molecule has 0 aromatic heterocycles. The van der Waals surface area contributed by atoms with E-state index in [1.165, 1.54) is 0 Å². The summed E-state index contributed by atoms with van der Waals surface area (Å²) >= 11 is 0. The van der Waals surface area contributed by atoms with Crippen LogP contribution >= 0.6 is 0 Å². The Kier molecular flexibility index (Phi) is 4.26. The Morgan fingerprint density at radius 1 is 1.21 bits per heavy atom. The van der Waals surface area contributed by atoms with Crippen molar-refractivity contribution in [3.8, 4) is 0 Å². The summed E-state index contributed by atoms with van der Waals surface area (Å²) in [4.78, 5) is 2.49. The molecule has 0 aliphatic carbocycles. The lowest BCUT2D eigenvalue weighted by molar-refractivity contribution is -0.0787. The summed E-state index contributed by atoms with van der Waals surface area (Å²) in [5.74, 6) is 0.368. The van der Waals surface area contributed by atoms with Crippen molar-refractivity contribution in [3.63, 3.8) is 0 Å². The minimum atomic E-state index is -0.234. The van der Waals surface area contributed by atoms with Gasteiger partial charge in [-0.1, -0.05) is 0 Å². The predicted molar refractivity (Wildman–Crippen MR) is 77.2 cm³/mol. The third-order valence-corrected chi connectivity index (χ3v) is 4.65. The first kappa shape index (κ1) is 15.2. The van der Waals surface area contributed by atoms with Crippen molar-refractivity contribution in [1.29, 1.82) is 0 Å². The molecule has 112 valence electrons. The molecule has 2 rings (SSSR count). The zero-order valence-electron chi connectivity index (χ0n) is 13.1. The van der Waals surface area contributed by atoms with Gasteiger partial charge in [-0.15, -0.1) is 0 Å². The molecule has 4 heteroatoms. The molecule has 4 nitrogen and oxygen atoms in total. The van der Waals surface area contributed by atoms with Gasteiger partial charge in [-0.25, -0.2) is 0 Å². The van der Waals surface area contributed by atoms with Crippen molar-refractivity contribution in [3.05, 3.63) is 0 Å². The zero-order chi connectivity index (χ0) is 14.3. The van der Waals surface area contributed by atoms with E-state index in [0.29, 0.717) is 12.0 Å². The molecule has 2 saturated heterocycles. The lowest BCUT2D eigenvalue weighted by atomic mass is 9.82. The first-order valence-corrected chi connectivity index (χ1v) is 7.52. The van der Waals surface area contributed by atoms with E-state index in [2.05, 4.69) is 39.5 Å². The average Bonchev–Trinajstić information content (AvgIpc) is 2.45. The van der Waals surface area contributed by atoms with Crippen molar-refractivity contribution in [2.45, 2.75) is 64.4 Å². The van der Waals surface area contributed by atoms with E-state index in [0.717, 1.165) is 32.7 Å². The van der Waals surface area contributed by atoms with Crippen LogP contribution in [0.15, 0.2) is 0 Å². The first-order valence-electron chi connectivity index (χ1n) is 7.52. The highest BCUT2D eigenvalue weighted by molar-refractivity contribution is 5.04. The van der Waals surface area contributed by atoms with Crippen molar-refractivity contribution >= 4 is 0 Å². The standard InChI is InChI=1S/C15H30N2O2/c1-11-9-17(7-6-8-18-11)10-12-13(16)15(4,5)19-14(12,2)3/h11-13H,6-10,16H2,1-5H3. The van der Waals surface area contributed by atoms with Crippen molar-refractivity contribution in [1.82, 2.24) is 4.90 Å². The van der Waals surface area contributed by atoms with Gasteiger partial charge in [0.25, 0.3) is 0 Å². The van der Waals surface area contributed by atoms with E-state index in [1.807, 2.05) is 0 Å². The molecule has 19 heavy (non-hydrogen) atoms. The molecule has 2 aliphatic rings. The van der Waals surface area contributed by atoms with Crippen LogP contribution < -0.4 is 5.73 Å². The highest BCUT2D eigenvalue weighted by Crippen LogP contribution is 2.41. The molecule has 0 aromatic rings. The van der Waals surface area contributed by atoms with Gasteiger partial charge < -0.3 is 20.1 Å². The van der Waals surface area contributed by atoms with E-state index < -0.39 is 0 Å². The Morgan fingerprint density at radius 3 is 2.47 bits per heavy atom. The molecule has 2 aliphatic heterocycles. The van der Waals surface area contributed by atoms with Crippen LogP contribution in [-0.4, -0.2) is 54.5 Å². The monoisotopic (exact) mass is 270 g/mol. The molecule has 0 radical (unpaired) electrons. The number of ether oxygens (including phenoxy) is 2. The molecule has 0 saturated carbocycles. The van der Waals surface area contributed by atoms with Crippen molar-refractivity contribution in [2.24, 2.45) is 11.7 Å². The number of nitrogens with two attached hydrogens (primary N) is 1. The minimum absolute atomic E-state index is 0.0852. The Balaban J connectivity index is 2.04. The Labute approximate surface area is 117 Å². The fourth-order valence-corrected chi connectivity index (χ4v) is 3.60. The van der Waals surface area contributed by atoms with E-state index in [4.69, 9.17) is 15.2 Å². The summed E-state index contributed by atoms with van der Waals surface area (Å²) in [7, 11) is 0. The Bertz CT molecular complexity index is 317. The molecule has 0 aromatic carbocycles. The van der Waals surface area contributed by atoms with Crippen LogP contribution in [0.1, 0.15) is 41.0 Å². The van der Waals surface area contributed by atoms with E-state index in [1.54, 1.807) is 0 Å². The number of hydrogen-bond donors (Lipinski definition) is 1. The summed E-state index contributed by atoms with van der Waals surface area (Å²) in [5.41, 5.74) is 6.05. The normalized spacial score (nSPS) is 39.2. The van der Waals surface area contributed by atoms with Crippen LogP contribution in [0, 0.1) is 5.92 Å². The van der Waals surface area contributed by atoms with Crippen molar-refractivity contribution < 1.29 is 9.47 Å². The smallest absolute Gasteiger partial charge is 0.0788 e. The molecule has 2 heterocycles. The summed E-state index contributed by atoms with van der Waals surface area (Å²) < 4.78 is 11.9. The maximum absolute atomic E-state index is 6.44. The fourth-order valence-electron chi connectivity index (χ4n) is 3.60. The Hall–Kier alpha value is -0.160. The van der Waals surface area contributed by atoms with Crippen LogP contribution in [0.5, 0.6) is 0 Å². The van der Waals surface area contributed by atoms with Gasteiger partial charge in [0, 0.05) is 38.2 Å². The quantitative estimate of drug-likeness (QED) is 0.828. The highest BCUT2D eigenvalue weighted by atomic mass is 16.5. The van der Waals surface area contributed by atoms with Crippen LogP contribution in [0.25, 0.3) is 0 Å². The van der Waals surface area contributed by atoms with Crippen LogP contribution in [0.2, 0.25) is 0 Å². The number of hydrogen-bond acceptors (Lipinski definition) is 4. The maximum Gasteiger partial charge on any atom is 0.0788 e. The third-order valence-electron chi connectivity index (χ3n) is 4.65. The van der Waals surface area contributed by atoms with E-state index in [9.17, 15) is 0 Å². The molecule has 3 unspecified atom stereocenters.